The van der Waals surface area contributed by atoms with Crippen LogP contribution < -0.4 is 5.32 Å². The molecule has 3 atom stereocenters. The van der Waals surface area contributed by atoms with Gasteiger partial charge in [0.25, 0.3) is 5.91 Å². The molecule has 2 aliphatic rings. The number of rotatable bonds is 0. The number of hydrogen-bond donors (Lipinski definition) is 1. The van der Waals surface area contributed by atoms with Crippen molar-refractivity contribution in [2.24, 2.45) is 10.9 Å². The Morgan fingerprint density at radius 3 is 2.85 bits per heavy atom. The lowest BCUT2D eigenvalue weighted by atomic mass is 9.90. The second-order valence-corrected chi connectivity index (χ2v) is 3.51. The Kier molecular flexibility index (Phi) is 1.61. The van der Waals surface area contributed by atoms with Gasteiger partial charge in [0.05, 0.1) is 18.3 Å². The van der Waals surface area contributed by atoms with Crippen molar-refractivity contribution in [2.75, 3.05) is 7.05 Å². The van der Waals surface area contributed by atoms with E-state index in [9.17, 15) is 9.59 Å². The maximum atomic E-state index is 11.4. The van der Waals surface area contributed by atoms with Crippen LogP contribution in [0.15, 0.2) is 4.99 Å². The summed E-state index contributed by atoms with van der Waals surface area (Å²) in [5.74, 6) is -0.685. The van der Waals surface area contributed by atoms with Gasteiger partial charge in [0.1, 0.15) is 6.04 Å². The SMILES string of the molecule is CC1C(=O)NC(=O)C2C1N=CN2C. The van der Waals surface area contributed by atoms with Crippen molar-refractivity contribution in [3.8, 4) is 0 Å². The number of amides is 2. The van der Waals surface area contributed by atoms with Crippen LogP contribution in [0.4, 0.5) is 0 Å². The first-order chi connectivity index (χ1) is 6.11. The Hall–Kier alpha value is -1.39. The molecular formula is C8H11N3O2. The molecule has 1 saturated heterocycles. The zero-order valence-electron chi connectivity index (χ0n) is 7.52. The monoisotopic (exact) mass is 181 g/mol. The average Bonchev–Trinajstić information content (AvgIpc) is 2.44. The van der Waals surface area contributed by atoms with E-state index in [4.69, 9.17) is 0 Å². The molecule has 13 heavy (non-hydrogen) atoms. The third kappa shape index (κ3) is 1.03. The predicted molar refractivity (Wildman–Crippen MR) is 46.1 cm³/mol. The number of likely N-dealkylation sites (N-methyl/N-ethyl adjacent to an activating group) is 1. The Balaban J connectivity index is 2.30. The Morgan fingerprint density at radius 2 is 2.15 bits per heavy atom. The minimum absolute atomic E-state index is 0.203. The fraction of sp³-hybridized carbons (Fsp3) is 0.625. The number of carbonyl (C=O) groups excluding carboxylic acids is 2. The summed E-state index contributed by atoms with van der Waals surface area (Å²) in [5, 5.41) is 2.33. The summed E-state index contributed by atoms with van der Waals surface area (Å²) in [6.07, 6.45) is 1.62. The minimum Gasteiger partial charge on any atom is -0.352 e. The van der Waals surface area contributed by atoms with Gasteiger partial charge in [-0.05, 0) is 0 Å². The molecule has 0 aliphatic carbocycles. The molecule has 0 aromatic carbocycles. The number of nitrogens with one attached hydrogen (secondary N) is 1. The summed E-state index contributed by atoms with van der Waals surface area (Å²) < 4.78 is 0. The van der Waals surface area contributed by atoms with Gasteiger partial charge in [-0.2, -0.15) is 0 Å². The van der Waals surface area contributed by atoms with Crippen molar-refractivity contribution in [3.05, 3.63) is 0 Å². The van der Waals surface area contributed by atoms with Gasteiger partial charge in [-0.1, -0.05) is 6.92 Å². The zero-order valence-corrected chi connectivity index (χ0v) is 7.52. The van der Waals surface area contributed by atoms with Gasteiger partial charge in [-0.3, -0.25) is 19.9 Å². The molecule has 1 N–H and O–H groups in total. The summed E-state index contributed by atoms with van der Waals surface area (Å²) in [5.41, 5.74) is 0. The van der Waals surface area contributed by atoms with Crippen LogP contribution in [0.1, 0.15) is 6.92 Å². The first-order valence-electron chi connectivity index (χ1n) is 4.21. The molecule has 0 saturated carbocycles. The van der Waals surface area contributed by atoms with Gasteiger partial charge in [0.2, 0.25) is 5.91 Å². The molecule has 5 heteroatoms. The fourth-order valence-electron chi connectivity index (χ4n) is 1.78. The molecule has 0 aromatic heterocycles. The third-order valence-electron chi connectivity index (χ3n) is 2.62. The fourth-order valence-corrected chi connectivity index (χ4v) is 1.78. The van der Waals surface area contributed by atoms with E-state index in [1.807, 2.05) is 0 Å². The molecule has 2 heterocycles. The highest BCUT2D eigenvalue weighted by atomic mass is 16.2. The molecule has 0 spiro atoms. The van der Waals surface area contributed by atoms with Crippen LogP contribution in [0.5, 0.6) is 0 Å². The molecule has 0 bridgehead atoms. The number of fused-ring (bicyclic) bond motifs is 1. The van der Waals surface area contributed by atoms with E-state index in [1.54, 1.807) is 25.2 Å². The number of nitrogens with zero attached hydrogens (tertiary/aromatic N) is 2. The summed E-state index contributed by atoms with van der Waals surface area (Å²) in [6, 6.07) is -0.501. The van der Waals surface area contributed by atoms with Crippen molar-refractivity contribution >= 4 is 18.2 Å². The van der Waals surface area contributed by atoms with Crippen molar-refractivity contribution < 1.29 is 9.59 Å². The summed E-state index contributed by atoms with van der Waals surface area (Å²) >= 11 is 0. The van der Waals surface area contributed by atoms with E-state index in [0.717, 1.165) is 0 Å². The summed E-state index contributed by atoms with van der Waals surface area (Å²) in [6.45, 7) is 1.79. The first kappa shape index (κ1) is 8.22. The van der Waals surface area contributed by atoms with Crippen LogP contribution in [0, 0.1) is 5.92 Å². The average molecular weight is 181 g/mol. The Labute approximate surface area is 75.8 Å². The summed E-state index contributed by atoms with van der Waals surface area (Å²) in [7, 11) is 1.79. The van der Waals surface area contributed by atoms with Gasteiger partial charge in [-0.15, -0.1) is 0 Å². The van der Waals surface area contributed by atoms with E-state index in [-0.39, 0.29) is 29.8 Å². The molecule has 2 aliphatic heterocycles. The van der Waals surface area contributed by atoms with Crippen LogP contribution in [-0.4, -0.2) is 42.2 Å². The third-order valence-corrected chi connectivity index (χ3v) is 2.62. The van der Waals surface area contributed by atoms with Crippen LogP contribution in [0.3, 0.4) is 0 Å². The first-order valence-corrected chi connectivity index (χ1v) is 4.21. The molecule has 5 nitrogen and oxygen atoms in total. The number of piperidine rings is 1. The zero-order chi connectivity index (χ0) is 9.59. The van der Waals surface area contributed by atoms with Gasteiger partial charge in [0, 0.05) is 7.05 Å². The highest BCUT2D eigenvalue weighted by molar-refractivity contribution is 6.03. The van der Waals surface area contributed by atoms with E-state index in [0.29, 0.717) is 0 Å². The van der Waals surface area contributed by atoms with Crippen molar-refractivity contribution in [3.63, 3.8) is 0 Å². The maximum Gasteiger partial charge on any atom is 0.251 e. The highest BCUT2D eigenvalue weighted by Crippen LogP contribution is 2.23. The lowest BCUT2D eigenvalue weighted by molar-refractivity contribution is -0.139. The van der Waals surface area contributed by atoms with Crippen molar-refractivity contribution in [1.82, 2.24) is 10.2 Å². The minimum atomic E-state index is -0.298. The van der Waals surface area contributed by atoms with Crippen LogP contribution in [0.2, 0.25) is 0 Å². The lowest BCUT2D eigenvalue weighted by Crippen LogP contribution is -2.58. The maximum absolute atomic E-state index is 11.4. The topological polar surface area (TPSA) is 61.8 Å². The van der Waals surface area contributed by atoms with Crippen molar-refractivity contribution in [2.45, 2.75) is 19.0 Å². The van der Waals surface area contributed by atoms with E-state index >= 15 is 0 Å². The van der Waals surface area contributed by atoms with Gasteiger partial charge < -0.3 is 4.90 Å². The highest BCUT2D eigenvalue weighted by Gasteiger charge is 2.45. The van der Waals surface area contributed by atoms with Crippen LogP contribution in [0.25, 0.3) is 0 Å². The van der Waals surface area contributed by atoms with Crippen LogP contribution in [-0.2, 0) is 9.59 Å². The second-order valence-electron chi connectivity index (χ2n) is 3.51. The van der Waals surface area contributed by atoms with E-state index in [1.165, 1.54) is 0 Å². The van der Waals surface area contributed by atoms with Crippen molar-refractivity contribution in [1.29, 1.82) is 0 Å². The molecule has 0 radical (unpaired) electrons. The molecule has 70 valence electrons. The molecule has 2 amide bonds. The molecule has 3 unspecified atom stereocenters. The molecule has 1 fully saturated rings. The largest absolute Gasteiger partial charge is 0.352 e. The quantitative estimate of drug-likeness (QED) is 0.487. The molecular weight excluding hydrogens is 170 g/mol. The Bertz CT molecular complexity index is 300. The molecule has 0 aromatic rings. The Morgan fingerprint density at radius 1 is 1.46 bits per heavy atom. The number of imide groups is 1. The van der Waals surface area contributed by atoms with Gasteiger partial charge in [0.15, 0.2) is 0 Å². The number of carbonyl (C=O) groups is 2. The normalized spacial score (nSPS) is 37.7. The van der Waals surface area contributed by atoms with Crippen LogP contribution >= 0.6 is 0 Å². The number of aliphatic imine (C=N–C) groups is 1. The molecule has 2 rings (SSSR count). The van der Waals surface area contributed by atoms with Gasteiger partial charge >= 0.3 is 0 Å². The second kappa shape index (κ2) is 2.55. The number of hydrogen-bond acceptors (Lipinski definition) is 4. The van der Waals surface area contributed by atoms with E-state index < -0.39 is 0 Å². The van der Waals surface area contributed by atoms with Gasteiger partial charge in [-0.25, -0.2) is 0 Å². The lowest BCUT2D eigenvalue weighted by Gasteiger charge is -2.31. The predicted octanol–water partition coefficient (Wildman–Crippen LogP) is -1.01. The smallest absolute Gasteiger partial charge is 0.251 e. The van der Waals surface area contributed by atoms with E-state index in [2.05, 4.69) is 10.3 Å². The standard InChI is InChI=1S/C8H11N3O2/c1-4-5-6(11(2)3-9-5)8(13)10-7(4)12/h3-6H,1-2H3,(H,10,12,13). The summed E-state index contributed by atoms with van der Waals surface area (Å²) in [4.78, 5) is 28.5.